The first-order valence-corrected chi connectivity index (χ1v) is 8.06. The molecular weight excluding hydrogens is 248 g/mol. The Balaban J connectivity index is 1.71. The Kier molecular flexibility index (Phi) is 4.58. The third-order valence-electron chi connectivity index (χ3n) is 4.53. The van der Waals surface area contributed by atoms with Gasteiger partial charge in [-0.2, -0.15) is 0 Å². The molecule has 110 valence electrons. The van der Waals surface area contributed by atoms with Crippen LogP contribution < -0.4 is 4.74 Å². The number of nitrogens with zero attached hydrogens (tertiary/aromatic N) is 2. The van der Waals surface area contributed by atoms with E-state index in [1.165, 1.54) is 51.1 Å². The molecule has 1 aromatic rings. The zero-order chi connectivity index (χ0) is 13.8. The van der Waals surface area contributed by atoms with E-state index >= 15 is 0 Å². The fraction of sp³-hybridized carbons (Fsp3) is 0.647. The van der Waals surface area contributed by atoms with Gasteiger partial charge in [-0.1, -0.05) is 25.1 Å². The largest absolute Gasteiger partial charge is 0.493 e. The summed E-state index contributed by atoms with van der Waals surface area (Å²) in [5.41, 5.74) is 1.39. The van der Waals surface area contributed by atoms with Gasteiger partial charge in [0.2, 0.25) is 0 Å². The van der Waals surface area contributed by atoms with E-state index in [1.54, 1.807) is 0 Å². The summed E-state index contributed by atoms with van der Waals surface area (Å²) in [6.07, 6.45) is 3.68. The molecule has 0 aromatic heterocycles. The van der Waals surface area contributed by atoms with Crippen molar-refractivity contribution in [1.82, 2.24) is 9.80 Å². The topological polar surface area (TPSA) is 15.7 Å². The fourth-order valence-corrected chi connectivity index (χ4v) is 3.54. The third-order valence-corrected chi connectivity index (χ3v) is 4.53. The van der Waals surface area contributed by atoms with Crippen LogP contribution in [-0.2, 0) is 0 Å². The second-order valence-corrected chi connectivity index (χ2v) is 5.92. The highest BCUT2D eigenvalue weighted by molar-refractivity contribution is 5.37. The standard InChI is InChI=1S/C17H26N2O/c1-2-9-18-10-5-11-19(13-12-18)16-8-14-20-17-7-4-3-6-15(16)17/h3-4,6-7,16H,2,5,8-14H2,1H3. The Bertz CT molecular complexity index is 435. The summed E-state index contributed by atoms with van der Waals surface area (Å²) >= 11 is 0. The van der Waals surface area contributed by atoms with Crippen molar-refractivity contribution in [3.05, 3.63) is 29.8 Å². The molecule has 1 unspecified atom stereocenters. The molecule has 2 aliphatic rings. The Morgan fingerprint density at radius 2 is 2.05 bits per heavy atom. The molecule has 0 amide bonds. The van der Waals surface area contributed by atoms with Crippen LogP contribution in [0.5, 0.6) is 5.75 Å². The van der Waals surface area contributed by atoms with Crippen molar-refractivity contribution in [2.45, 2.75) is 32.2 Å². The van der Waals surface area contributed by atoms with E-state index in [9.17, 15) is 0 Å². The van der Waals surface area contributed by atoms with Crippen LogP contribution >= 0.6 is 0 Å². The van der Waals surface area contributed by atoms with E-state index in [0.29, 0.717) is 6.04 Å². The molecule has 3 rings (SSSR count). The molecule has 0 radical (unpaired) electrons. The molecule has 1 saturated heterocycles. The normalized spacial score (nSPS) is 24.8. The van der Waals surface area contributed by atoms with Gasteiger partial charge in [0.05, 0.1) is 6.61 Å². The van der Waals surface area contributed by atoms with Crippen LogP contribution in [0.25, 0.3) is 0 Å². The molecule has 0 spiro atoms. The molecule has 0 N–H and O–H groups in total. The molecule has 3 heteroatoms. The van der Waals surface area contributed by atoms with Crippen LogP contribution in [0, 0.1) is 0 Å². The van der Waals surface area contributed by atoms with Crippen LogP contribution in [-0.4, -0.2) is 49.1 Å². The lowest BCUT2D eigenvalue weighted by Crippen LogP contribution is -2.36. The summed E-state index contributed by atoms with van der Waals surface area (Å²) in [4.78, 5) is 5.29. The van der Waals surface area contributed by atoms with Gasteiger partial charge in [0, 0.05) is 37.7 Å². The fourth-order valence-electron chi connectivity index (χ4n) is 3.54. The maximum Gasteiger partial charge on any atom is 0.124 e. The summed E-state index contributed by atoms with van der Waals surface area (Å²) in [6.45, 7) is 9.27. The first-order valence-electron chi connectivity index (χ1n) is 8.06. The molecule has 2 heterocycles. The van der Waals surface area contributed by atoms with Gasteiger partial charge in [-0.3, -0.25) is 4.90 Å². The lowest BCUT2D eigenvalue weighted by molar-refractivity contribution is 0.142. The zero-order valence-electron chi connectivity index (χ0n) is 12.6. The number of ether oxygens (including phenoxy) is 1. The summed E-state index contributed by atoms with van der Waals surface area (Å²) < 4.78 is 5.80. The average Bonchev–Trinajstić information content (AvgIpc) is 2.73. The van der Waals surface area contributed by atoms with Crippen molar-refractivity contribution >= 4 is 0 Å². The summed E-state index contributed by atoms with van der Waals surface area (Å²) in [5.74, 6) is 1.10. The zero-order valence-corrected chi connectivity index (χ0v) is 12.6. The smallest absolute Gasteiger partial charge is 0.124 e. The SMILES string of the molecule is CCCN1CCCN(C2CCOc3ccccc32)CC1. The van der Waals surface area contributed by atoms with Gasteiger partial charge in [0.1, 0.15) is 5.75 Å². The van der Waals surface area contributed by atoms with Crippen molar-refractivity contribution in [3.8, 4) is 5.75 Å². The van der Waals surface area contributed by atoms with Crippen molar-refractivity contribution in [2.24, 2.45) is 0 Å². The van der Waals surface area contributed by atoms with Gasteiger partial charge in [0.15, 0.2) is 0 Å². The predicted molar refractivity (Wildman–Crippen MR) is 82.2 cm³/mol. The van der Waals surface area contributed by atoms with E-state index in [4.69, 9.17) is 4.74 Å². The minimum atomic E-state index is 0.557. The van der Waals surface area contributed by atoms with Crippen LogP contribution in [0.15, 0.2) is 24.3 Å². The van der Waals surface area contributed by atoms with Crippen LogP contribution in [0.4, 0.5) is 0 Å². The van der Waals surface area contributed by atoms with Crippen molar-refractivity contribution in [1.29, 1.82) is 0 Å². The lowest BCUT2D eigenvalue weighted by atomic mass is 9.99. The average molecular weight is 274 g/mol. The summed E-state index contributed by atoms with van der Waals surface area (Å²) in [5, 5.41) is 0. The van der Waals surface area contributed by atoms with Crippen molar-refractivity contribution < 1.29 is 4.74 Å². The second-order valence-electron chi connectivity index (χ2n) is 5.92. The highest BCUT2D eigenvalue weighted by Gasteiger charge is 2.27. The Morgan fingerprint density at radius 1 is 1.15 bits per heavy atom. The molecule has 20 heavy (non-hydrogen) atoms. The second kappa shape index (κ2) is 6.59. The molecule has 0 saturated carbocycles. The van der Waals surface area contributed by atoms with E-state index in [1.807, 2.05) is 0 Å². The first-order chi connectivity index (χ1) is 9.88. The van der Waals surface area contributed by atoms with Crippen LogP contribution in [0.2, 0.25) is 0 Å². The van der Waals surface area contributed by atoms with Gasteiger partial charge in [-0.15, -0.1) is 0 Å². The molecule has 1 fully saturated rings. The van der Waals surface area contributed by atoms with E-state index in [-0.39, 0.29) is 0 Å². The maximum absolute atomic E-state index is 5.80. The van der Waals surface area contributed by atoms with Crippen molar-refractivity contribution in [2.75, 3.05) is 39.3 Å². The molecule has 2 aliphatic heterocycles. The summed E-state index contributed by atoms with van der Waals surface area (Å²) in [6, 6.07) is 9.13. The highest BCUT2D eigenvalue weighted by Crippen LogP contribution is 2.36. The van der Waals surface area contributed by atoms with Gasteiger partial charge < -0.3 is 9.64 Å². The van der Waals surface area contributed by atoms with Gasteiger partial charge >= 0.3 is 0 Å². The molecule has 1 aromatic carbocycles. The molecular formula is C17H26N2O. The number of benzene rings is 1. The molecule has 0 aliphatic carbocycles. The number of para-hydroxylation sites is 1. The lowest BCUT2D eigenvalue weighted by Gasteiger charge is -2.35. The van der Waals surface area contributed by atoms with E-state index in [2.05, 4.69) is 41.0 Å². The van der Waals surface area contributed by atoms with Gasteiger partial charge in [0.25, 0.3) is 0 Å². The monoisotopic (exact) mass is 274 g/mol. The number of hydrogen-bond donors (Lipinski definition) is 0. The Labute approximate surface area is 122 Å². The van der Waals surface area contributed by atoms with E-state index < -0.39 is 0 Å². The molecule has 3 nitrogen and oxygen atoms in total. The van der Waals surface area contributed by atoms with Crippen molar-refractivity contribution in [3.63, 3.8) is 0 Å². The molecule has 1 atom stereocenters. The number of fused-ring (bicyclic) bond motifs is 1. The Hall–Kier alpha value is -1.06. The van der Waals surface area contributed by atoms with Crippen LogP contribution in [0.1, 0.15) is 37.8 Å². The molecule has 0 bridgehead atoms. The summed E-state index contributed by atoms with van der Waals surface area (Å²) in [7, 11) is 0. The van der Waals surface area contributed by atoms with Gasteiger partial charge in [-0.25, -0.2) is 0 Å². The van der Waals surface area contributed by atoms with Crippen LogP contribution in [0.3, 0.4) is 0 Å². The van der Waals surface area contributed by atoms with E-state index in [0.717, 1.165) is 18.8 Å². The van der Waals surface area contributed by atoms with Gasteiger partial charge in [-0.05, 0) is 32.0 Å². The third kappa shape index (κ3) is 2.99. The minimum Gasteiger partial charge on any atom is -0.493 e. The quantitative estimate of drug-likeness (QED) is 0.843. The maximum atomic E-state index is 5.80. The number of hydrogen-bond acceptors (Lipinski definition) is 3. The first kappa shape index (κ1) is 13.9. The highest BCUT2D eigenvalue weighted by atomic mass is 16.5. The predicted octanol–water partition coefficient (Wildman–Crippen LogP) is 2.93. The Morgan fingerprint density at radius 3 is 2.95 bits per heavy atom. The minimum absolute atomic E-state index is 0.557. The number of rotatable bonds is 3.